The highest BCUT2D eigenvalue weighted by Crippen LogP contribution is 2.22. The van der Waals surface area contributed by atoms with Crippen LogP contribution in [0.3, 0.4) is 0 Å². The Balaban J connectivity index is 2.13. The van der Waals surface area contributed by atoms with Crippen molar-refractivity contribution < 1.29 is 23.9 Å². The number of carbonyl (C=O) groups excluding carboxylic acids is 4. The van der Waals surface area contributed by atoms with Gasteiger partial charge in [-0.2, -0.15) is 0 Å². The number of nitrogens with zero attached hydrogens (tertiary/aromatic N) is 2. The third-order valence-electron chi connectivity index (χ3n) is 6.30. The molecule has 0 spiro atoms. The van der Waals surface area contributed by atoms with Crippen LogP contribution in [-0.4, -0.2) is 70.7 Å². The van der Waals surface area contributed by atoms with E-state index in [0.29, 0.717) is 50.9 Å². The quantitative estimate of drug-likeness (QED) is 0.154. The van der Waals surface area contributed by atoms with Gasteiger partial charge in [-0.05, 0) is 64.4 Å². The lowest BCUT2D eigenvalue weighted by molar-refractivity contribution is -0.140. The fraction of sp³-hybridized carbons (Fsp3) is 0.621. The Morgan fingerprint density at radius 2 is 1.78 bits per heavy atom. The number of carbonyl (C=O) groups is 4. The first-order chi connectivity index (χ1) is 19.3. The first-order valence-corrected chi connectivity index (χ1v) is 15.1. The SMILES string of the molecule is CC(C)C[C@@H](NC(=O)OC(C)(C)C)C(=O)N1CCC[C@H]1C(=O)N[C@@H](CCCN=C(N)N)C(=O)SCc1ccccc1. The molecule has 3 amide bonds. The zero-order valence-corrected chi connectivity index (χ0v) is 25.7. The molecule has 0 saturated carbocycles. The third kappa shape index (κ3) is 12.4. The van der Waals surface area contributed by atoms with Crippen LogP contribution < -0.4 is 22.1 Å². The van der Waals surface area contributed by atoms with E-state index in [9.17, 15) is 19.2 Å². The number of aliphatic imine (C=N–C) groups is 1. The smallest absolute Gasteiger partial charge is 0.408 e. The van der Waals surface area contributed by atoms with Crippen LogP contribution >= 0.6 is 11.8 Å². The van der Waals surface area contributed by atoms with Gasteiger partial charge in [0.25, 0.3) is 0 Å². The summed E-state index contributed by atoms with van der Waals surface area (Å²) < 4.78 is 5.37. The van der Waals surface area contributed by atoms with Gasteiger partial charge in [-0.3, -0.25) is 19.4 Å². The summed E-state index contributed by atoms with van der Waals surface area (Å²) >= 11 is 1.14. The fourth-order valence-electron chi connectivity index (χ4n) is 4.50. The normalized spacial score (nSPS) is 16.5. The lowest BCUT2D eigenvalue weighted by Gasteiger charge is -2.31. The second-order valence-electron chi connectivity index (χ2n) is 11.6. The lowest BCUT2D eigenvalue weighted by atomic mass is 10.0. The van der Waals surface area contributed by atoms with Crippen LogP contribution in [0.2, 0.25) is 0 Å². The number of hydrogen-bond acceptors (Lipinski definition) is 7. The van der Waals surface area contributed by atoms with Crippen molar-refractivity contribution in [2.45, 2.75) is 96.2 Å². The highest BCUT2D eigenvalue weighted by atomic mass is 32.2. The summed E-state index contributed by atoms with van der Waals surface area (Å²) in [4.78, 5) is 58.3. The van der Waals surface area contributed by atoms with Crippen molar-refractivity contribution in [2.24, 2.45) is 22.4 Å². The largest absolute Gasteiger partial charge is 0.444 e. The second-order valence-corrected chi connectivity index (χ2v) is 12.6. The van der Waals surface area contributed by atoms with Gasteiger partial charge in [-0.1, -0.05) is 55.9 Å². The molecule has 0 radical (unpaired) electrons. The molecule has 11 nitrogen and oxygen atoms in total. The standard InChI is InChI=1S/C29H46N6O5S/c1-19(2)17-22(34-28(39)40-29(3,4)5)25(37)35-16-10-14-23(35)24(36)33-21(13-9-15-32-27(30)31)26(38)41-18-20-11-7-6-8-12-20/h6-8,11-12,19,21-23H,9-10,13-18H2,1-5H3,(H,33,36)(H,34,39)(H4,30,31,32)/t21-,22+,23-/m0/s1. The van der Waals surface area contributed by atoms with E-state index < -0.39 is 35.7 Å². The summed E-state index contributed by atoms with van der Waals surface area (Å²) in [5.41, 5.74) is 11.1. The van der Waals surface area contributed by atoms with Crippen molar-refractivity contribution in [1.29, 1.82) is 0 Å². The average molecular weight is 591 g/mol. The van der Waals surface area contributed by atoms with Crippen LogP contribution in [0.25, 0.3) is 0 Å². The van der Waals surface area contributed by atoms with Gasteiger partial charge in [0.1, 0.15) is 17.7 Å². The van der Waals surface area contributed by atoms with E-state index in [0.717, 1.165) is 17.3 Å². The summed E-state index contributed by atoms with van der Waals surface area (Å²) in [6.07, 6.45) is 1.65. The number of ether oxygens (including phenoxy) is 1. The molecule has 228 valence electrons. The number of thioether (sulfide) groups is 1. The number of nitrogens with two attached hydrogens (primary N) is 2. The molecule has 1 aliphatic heterocycles. The minimum absolute atomic E-state index is 0.0357. The zero-order valence-electron chi connectivity index (χ0n) is 24.9. The molecule has 2 rings (SSSR count). The Hall–Kier alpha value is -3.28. The predicted molar refractivity (Wildman–Crippen MR) is 162 cm³/mol. The highest BCUT2D eigenvalue weighted by Gasteiger charge is 2.39. The van der Waals surface area contributed by atoms with Crippen molar-refractivity contribution in [3.05, 3.63) is 35.9 Å². The number of alkyl carbamates (subject to hydrolysis) is 1. The zero-order chi connectivity index (χ0) is 30.6. The Labute approximate surface area is 247 Å². The molecule has 3 atom stereocenters. The molecular formula is C29H46N6O5S. The minimum Gasteiger partial charge on any atom is -0.444 e. The van der Waals surface area contributed by atoms with Crippen LogP contribution in [-0.2, 0) is 24.9 Å². The summed E-state index contributed by atoms with van der Waals surface area (Å²) in [6.45, 7) is 9.87. The van der Waals surface area contributed by atoms with Gasteiger partial charge in [0.05, 0.1) is 6.04 Å². The first kappa shape index (κ1) is 33.9. The van der Waals surface area contributed by atoms with Gasteiger partial charge in [-0.25, -0.2) is 4.79 Å². The second kappa shape index (κ2) is 16.2. The summed E-state index contributed by atoms with van der Waals surface area (Å²) in [6, 6.07) is 7.25. The maximum absolute atomic E-state index is 13.6. The Morgan fingerprint density at radius 3 is 2.39 bits per heavy atom. The van der Waals surface area contributed by atoms with Crippen molar-refractivity contribution in [3.63, 3.8) is 0 Å². The molecule has 1 aliphatic rings. The van der Waals surface area contributed by atoms with E-state index in [1.165, 1.54) is 4.90 Å². The third-order valence-corrected chi connectivity index (χ3v) is 7.35. The van der Waals surface area contributed by atoms with Gasteiger partial charge in [-0.15, -0.1) is 0 Å². The molecule has 6 N–H and O–H groups in total. The number of amides is 3. The number of guanidine groups is 1. The topological polar surface area (TPSA) is 169 Å². The Kier molecular flexibility index (Phi) is 13.4. The van der Waals surface area contributed by atoms with Gasteiger partial charge >= 0.3 is 6.09 Å². The molecule has 0 bridgehead atoms. The molecule has 0 aliphatic carbocycles. The summed E-state index contributed by atoms with van der Waals surface area (Å²) in [5.74, 6) is -0.177. The van der Waals surface area contributed by atoms with Gasteiger partial charge in [0.15, 0.2) is 5.96 Å². The van der Waals surface area contributed by atoms with E-state index in [2.05, 4.69) is 15.6 Å². The first-order valence-electron chi connectivity index (χ1n) is 14.1. The van der Waals surface area contributed by atoms with E-state index in [-0.39, 0.29) is 22.9 Å². The average Bonchev–Trinajstić information content (AvgIpc) is 3.37. The van der Waals surface area contributed by atoms with Gasteiger partial charge in [0.2, 0.25) is 16.9 Å². The van der Waals surface area contributed by atoms with Crippen LogP contribution in [0.4, 0.5) is 4.79 Å². The van der Waals surface area contributed by atoms with Crippen LogP contribution in [0.1, 0.15) is 72.3 Å². The molecular weight excluding hydrogens is 544 g/mol. The summed E-state index contributed by atoms with van der Waals surface area (Å²) in [5, 5.41) is 5.42. The number of rotatable bonds is 13. The summed E-state index contributed by atoms with van der Waals surface area (Å²) in [7, 11) is 0. The van der Waals surface area contributed by atoms with E-state index in [4.69, 9.17) is 16.2 Å². The molecule has 0 unspecified atom stereocenters. The molecule has 1 saturated heterocycles. The maximum Gasteiger partial charge on any atom is 0.408 e. The van der Waals surface area contributed by atoms with Gasteiger partial charge < -0.3 is 31.7 Å². The molecule has 1 fully saturated rings. The predicted octanol–water partition coefficient (Wildman–Crippen LogP) is 2.92. The highest BCUT2D eigenvalue weighted by molar-refractivity contribution is 8.13. The van der Waals surface area contributed by atoms with E-state index >= 15 is 0 Å². The minimum atomic E-state index is -0.836. The Morgan fingerprint density at radius 1 is 1.10 bits per heavy atom. The number of likely N-dealkylation sites (tertiary alicyclic amines) is 1. The molecule has 0 aromatic heterocycles. The maximum atomic E-state index is 13.6. The number of nitrogens with one attached hydrogen (secondary N) is 2. The lowest BCUT2D eigenvalue weighted by Crippen LogP contribution is -2.55. The molecule has 1 aromatic carbocycles. The van der Waals surface area contributed by atoms with E-state index in [1.807, 2.05) is 44.2 Å². The fourth-order valence-corrected chi connectivity index (χ4v) is 5.37. The van der Waals surface area contributed by atoms with Crippen molar-refractivity contribution in [3.8, 4) is 0 Å². The van der Waals surface area contributed by atoms with Crippen molar-refractivity contribution >= 4 is 40.7 Å². The van der Waals surface area contributed by atoms with Crippen LogP contribution in [0, 0.1) is 5.92 Å². The van der Waals surface area contributed by atoms with Crippen LogP contribution in [0.5, 0.6) is 0 Å². The van der Waals surface area contributed by atoms with E-state index in [1.54, 1.807) is 20.8 Å². The molecule has 41 heavy (non-hydrogen) atoms. The van der Waals surface area contributed by atoms with Crippen LogP contribution in [0.15, 0.2) is 35.3 Å². The van der Waals surface area contributed by atoms with Crippen molar-refractivity contribution in [2.75, 3.05) is 13.1 Å². The Bertz CT molecular complexity index is 1060. The molecule has 12 heteroatoms. The number of benzene rings is 1. The molecule has 1 aromatic rings. The van der Waals surface area contributed by atoms with Crippen molar-refractivity contribution in [1.82, 2.24) is 15.5 Å². The number of hydrogen-bond donors (Lipinski definition) is 4. The van der Waals surface area contributed by atoms with Gasteiger partial charge in [0, 0.05) is 18.8 Å². The molecule has 1 heterocycles. The monoisotopic (exact) mass is 590 g/mol.